The Morgan fingerprint density at radius 3 is 2.20 bits per heavy atom. The summed E-state index contributed by atoms with van der Waals surface area (Å²) >= 11 is 0. The van der Waals surface area contributed by atoms with E-state index in [1.165, 1.54) is 16.7 Å². The maximum atomic E-state index is 12.9. The van der Waals surface area contributed by atoms with Gasteiger partial charge in [0.2, 0.25) is 5.91 Å². The van der Waals surface area contributed by atoms with Gasteiger partial charge in [0, 0.05) is 50.9 Å². The summed E-state index contributed by atoms with van der Waals surface area (Å²) in [5.41, 5.74) is 5.61. The third-order valence-electron chi connectivity index (χ3n) is 7.79. The number of benzene rings is 3. The van der Waals surface area contributed by atoms with Gasteiger partial charge in [-0.05, 0) is 60.1 Å². The fourth-order valence-electron chi connectivity index (χ4n) is 5.47. The van der Waals surface area contributed by atoms with Gasteiger partial charge in [0.05, 0.1) is 13.2 Å². The molecule has 40 heavy (non-hydrogen) atoms. The highest BCUT2D eigenvalue weighted by molar-refractivity contribution is 5.89. The lowest BCUT2D eigenvalue weighted by molar-refractivity contribution is -0.122. The lowest BCUT2D eigenvalue weighted by Gasteiger charge is -2.28. The quantitative estimate of drug-likeness (QED) is 0.359. The van der Waals surface area contributed by atoms with Crippen LogP contribution >= 0.6 is 0 Å². The molecule has 3 aromatic rings. The monoisotopic (exact) mass is 540 g/mol. The van der Waals surface area contributed by atoms with E-state index in [0.29, 0.717) is 19.5 Å². The fourth-order valence-corrected chi connectivity index (χ4v) is 5.47. The van der Waals surface area contributed by atoms with Crippen LogP contribution < -0.4 is 10.6 Å². The Balaban J connectivity index is 1.05. The predicted molar refractivity (Wildman–Crippen MR) is 158 cm³/mol. The van der Waals surface area contributed by atoms with Crippen LogP contribution in [-0.4, -0.2) is 60.6 Å². The van der Waals surface area contributed by atoms with Gasteiger partial charge in [0.25, 0.3) is 0 Å². The van der Waals surface area contributed by atoms with E-state index in [-0.39, 0.29) is 18.0 Å². The van der Waals surface area contributed by atoms with Gasteiger partial charge in [-0.3, -0.25) is 9.69 Å². The van der Waals surface area contributed by atoms with Gasteiger partial charge in [-0.15, -0.1) is 0 Å². The van der Waals surface area contributed by atoms with E-state index < -0.39 is 0 Å². The molecule has 7 nitrogen and oxygen atoms in total. The number of hydrogen-bond donors (Lipinski definition) is 2. The van der Waals surface area contributed by atoms with Gasteiger partial charge in [-0.1, -0.05) is 66.7 Å². The molecule has 0 spiro atoms. The number of hydrogen-bond acceptors (Lipinski definition) is 4. The normalized spacial score (nSPS) is 15.8. The van der Waals surface area contributed by atoms with Crippen molar-refractivity contribution < 1.29 is 14.3 Å². The van der Waals surface area contributed by atoms with Crippen molar-refractivity contribution in [3.8, 4) is 0 Å². The van der Waals surface area contributed by atoms with Gasteiger partial charge in [-0.2, -0.15) is 0 Å². The van der Waals surface area contributed by atoms with Crippen molar-refractivity contribution in [1.29, 1.82) is 0 Å². The second-order valence-corrected chi connectivity index (χ2v) is 10.8. The molecule has 2 aliphatic heterocycles. The van der Waals surface area contributed by atoms with Crippen molar-refractivity contribution in [3.05, 3.63) is 101 Å². The van der Waals surface area contributed by atoms with Crippen LogP contribution in [0.3, 0.4) is 0 Å². The summed E-state index contributed by atoms with van der Waals surface area (Å²) in [6.07, 6.45) is 3.87. The van der Waals surface area contributed by atoms with E-state index in [1.54, 1.807) is 0 Å². The molecule has 3 amide bonds. The molecular formula is C33H40N4O3. The predicted octanol–water partition coefficient (Wildman–Crippen LogP) is 5.01. The first-order valence-electron chi connectivity index (χ1n) is 14.5. The number of nitrogens with zero attached hydrogens (tertiary/aromatic N) is 2. The van der Waals surface area contributed by atoms with Gasteiger partial charge in [-0.25, -0.2) is 4.79 Å². The number of ether oxygens (including phenoxy) is 1. The van der Waals surface area contributed by atoms with Crippen molar-refractivity contribution >= 4 is 17.6 Å². The van der Waals surface area contributed by atoms with E-state index in [4.69, 9.17) is 4.74 Å². The maximum Gasteiger partial charge on any atom is 0.322 e. The third kappa shape index (κ3) is 8.16. The minimum absolute atomic E-state index is 0.0840. The molecule has 7 heteroatoms. The maximum absolute atomic E-state index is 12.9. The molecule has 3 aromatic carbocycles. The zero-order valence-electron chi connectivity index (χ0n) is 23.2. The molecule has 2 N–H and O–H groups in total. The van der Waals surface area contributed by atoms with Gasteiger partial charge in [0.1, 0.15) is 0 Å². The summed E-state index contributed by atoms with van der Waals surface area (Å²) in [4.78, 5) is 29.8. The Morgan fingerprint density at radius 1 is 0.825 bits per heavy atom. The molecule has 2 heterocycles. The van der Waals surface area contributed by atoms with E-state index in [9.17, 15) is 9.59 Å². The van der Waals surface area contributed by atoms with Crippen molar-refractivity contribution in [2.24, 2.45) is 0 Å². The van der Waals surface area contributed by atoms with Gasteiger partial charge >= 0.3 is 6.03 Å². The number of carbonyl (C=O) groups is 2. The molecule has 1 saturated heterocycles. The van der Waals surface area contributed by atoms with E-state index >= 15 is 0 Å². The first kappa shape index (κ1) is 27.9. The number of aryl methyl sites for hydroxylation is 1. The average molecular weight is 541 g/mol. The second-order valence-electron chi connectivity index (χ2n) is 10.8. The molecule has 1 atom stereocenters. The molecule has 0 bridgehead atoms. The smallest absolute Gasteiger partial charge is 0.322 e. The molecule has 1 unspecified atom stereocenters. The molecule has 0 saturated carbocycles. The highest BCUT2D eigenvalue weighted by Gasteiger charge is 2.23. The molecule has 0 radical (unpaired) electrons. The molecule has 0 aliphatic carbocycles. The summed E-state index contributed by atoms with van der Waals surface area (Å²) in [6.45, 7) is 5.74. The summed E-state index contributed by atoms with van der Waals surface area (Å²) < 4.78 is 5.47. The molecular weight excluding hydrogens is 500 g/mol. The van der Waals surface area contributed by atoms with Crippen LogP contribution in [-0.2, 0) is 35.5 Å². The fraction of sp³-hybridized carbons (Fsp3) is 0.394. The Morgan fingerprint density at radius 2 is 1.50 bits per heavy atom. The van der Waals surface area contributed by atoms with E-state index in [2.05, 4.69) is 51.9 Å². The number of fused-ring (bicyclic) bond motifs is 1. The second kappa shape index (κ2) is 14.1. The number of nitrogens with one attached hydrogen (secondary N) is 2. The van der Waals surface area contributed by atoms with Crippen LogP contribution in [0.15, 0.2) is 78.9 Å². The zero-order chi connectivity index (χ0) is 27.6. The summed E-state index contributed by atoms with van der Waals surface area (Å²) in [5.74, 6) is 0.110. The zero-order valence-corrected chi connectivity index (χ0v) is 23.2. The summed E-state index contributed by atoms with van der Waals surface area (Å²) in [7, 11) is 0. The van der Waals surface area contributed by atoms with Crippen LogP contribution in [0, 0.1) is 0 Å². The standard InChI is InChI=1S/C33H40N4O3/c38-32(34-31(23-27-7-2-1-3-8-27)17-18-36-19-21-40-22-20-36)12-6-9-26-13-15-30(16-14-26)35-33(39)37-24-28-10-4-5-11-29(28)25-37/h1-5,7-8,10-11,13-16,31H,6,9,12,17-25H2,(H,34,38)(H,35,39). The third-order valence-corrected chi connectivity index (χ3v) is 7.79. The average Bonchev–Trinajstić information content (AvgIpc) is 3.43. The Hall–Kier alpha value is -3.68. The number of rotatable bonds is 11. The highest BCUT2D eigenvalue weighted by atomic mass is 16.5. The van der Waals surface area contributed by atoms with Crippen molar-refractivity contribution in [1.82, 2.24) is 15.1 Å². The number of anilines is 1. The summed E-state index contributed by atoms with van der Waals surface area (Å²) in [6, 6.07) is 26.6. The summed E-state index contributed by atoms with van der Waals surface area (Å²) in [5, 5.41) is 6.32. The number of carbonyl (C=O) groups excluding carboxylic acids is 2. The Labute approximate surface area is 237 Å². The lowest BCUT2D eigenvalue weighted by Crippen LogP contribution is -2.42. The van der Waals surface area contributed by atoms with Crippen LogP contribution in [0.4, 0.5) is 10.5 Å². The molecule has 0 aromatic heterocycles. The van der Waals surface area contributed by atoms with Crippen LogP contribution in [0.5, 0.6) is 0 Å². The largest absolute Gasteiger partial charge is 0.379 e. The number of morpholine rings is 1. The van der Waals surface area contributed by atoms with Crippen LogP contribution in [0.2, 0.25) is 0 Å². The molecule has 1 fully saturated rings. The first-order valence-corrected chi connectivity index (χ1v) is 14.5. The SMILES string of the molecule is O=C(CCCc1ccc(NC(=O)N2Cc3ccccc3C2)cc1)NC(CCN1CCOCC1)Cc1ccccc1. The van der Waals surface area contributed by atoms with Gasteiger partial charge in [0.15, 0.2) is 0 Å². The van der Waals surface area contributed by atoms with Crippen LogP contribution in [0.25, 0.3) is 0 Å². The first-order chi connectivity index (χ1) is 19.6. The van der Waals surface area contributed by atoms with Crippen LogP contribution in [0.1, 0.15) is 41.5 Å². The number of urea groups is 1. The van der Waals surface area contributed by atoms with E-state index in [0.717, 1.165) is 69.8 Å². The van der Waals surface area contributed by atoms with Crippen molar-refractivity contribution in [2.45, 2.75) is 51.2 Å². The van der Waals surface area contributed by atoms with Crippen molar-refractivity contribution in [3.63, 3.8) is 0 Å². The van der Waals surface area contributed by atoms with Crippen molar-refractivity contribution in [2.75, 3.05) is 38.2 Å². The topological polar surface area (TPSA) is 73.9 Å². The minimum Gasteiger partial charge on any atom is -0.379 e. The molecule has 2 aliphatic rings. The highest BCUT2D eigenvalue weighted by Crippen LogP contribution is 2.23. The van der Waals surface area contributed by atoms with E-state index in [1.807, 2.05) is 47.4 Å². The lowest BCUT2D eigenvalue weighted by atomic mass is 10.0. The number of amides is 3. The molecule has 210 valence electrons. The molecule has 5 rings (SSSR count). The Kier molecular flexibility index (Phi) is 9.82. The Bertz CT molecular complexity index is 1220. The van der Waals surface area contributed by atoms with Gasteiger partial charge < -0.3 is 20.3 Å². The minimum atomic E-state index is -0.0840.